The van der Waals surface area contributed by atoms with Gasteiger partial charge >= 0.3 is 29.8 Å². The van der Waals surface area contributed by atoms with Gasteiger partial charge in [-0.1, -0.05) is 203 Å². The SMILES string of the molecule is C=C(CCCCCCC)CC[C@@H]1[C@H]2C/C=C\CCCC(=O)O[C@H]2C[C@H]1O.O=C1CCC/C=C\C[C@@H]2[C@@H](/C=C/C(F)(F)COc3ccccc3)[C@H](O)C[C@@H]2O1.O=C1CCC/C=C\C[C@@H]2[C@@H](/C=C/[C@@H](O)COc3cccc(CF)c3)[C@H](O)C[C@@H]2O1.O=C1CCC/C=C\C[C@@H]2[C@@H](/C=C/[C@@H](O)COc3ccccc3)[C@H](O)C[C@@H]2O1.O=C1CCC/C=C\C[C@@H]2[C@@H](CC[C@@H](O)COc3ccccc3)[C@H](O)C[C@@H]2O1. The van der Waals surface area contributed by atoms with Gasteiger partial charge in [0.2, 0.25) is 0 Å². The predicted molar refractivity (Wildman–Crippen MR) is 519 cm³/mol. The van der Waals surface area contributed by atoms with Gasteiger partial charge in [-0.2, -0.15) is 8.78 Å². The van der Waals surface area contributed by atoms with E-state index < -0.39 is 74.0 Å². The van der Waals surface area contributed by atoms with Gasteiger partial charge in [-0.05, 0) is 207 Å². The largest absolute Gasteiger partial charge is 0.491 e. The van der Waals surface area contributed by atoms with Gasteiger partial charge in [-0.3, -0.25) is 24.0 Å². The fourth-order valence-electron chi connectivity index (χ4n) is 20.2. The second kappa shape index (κ2) is 59.9. The maximum absolute atomic E-state index is 14.2. The molecule has 0 amide bonds. The first-order valence-corrected chi connectivity index (χ1v) is 50.5. The zero-order valence-electron chi connectivity index (χ0n) is 79.9. The number of allylic oxidation sites excluding steroid dienone is 11. The number of esters is 5. The summed E-state index contributed by atoms with van der Waals surface area (Å²) in [4.78, 5) is 59.7. The third-order valence-electron chi connectivity index (χ3n) is 27.7. The van der Waals surface area contributed by atoms with Crippen LogP contribution in [-0.4, -0.2) is 182 Å². The van der Waals surface area contributed by atoms with E-state index in [-0.39, 0.29) is 140 Å². The highest BCUT2D eigenvalue weighted by molar-refractivity contribution is 5.71. The molecule has 0 spiro atoms. The van der Waals surface area contributed by atoms with Crippen molar-refractivity contribution in [3.8, 4) is 23.0 Å². The van der Waals surface area contributed by atoms with E-state index in [0.717, 1.165) is 115 Å². The number of halogens is 3. The highest BCUT2D eigenvalue weighted by Crippen LogP contribution is 2.46. The maximum atomic E-state index is 14.2. The Bertz CT molecular complexity index is 4460. The number of unbranched alkanes of at least 4 members (excludes halogenated alkanes) is 4. The lowest BCUT2D eigenvalue weighted by molar-refractivity contribution is -0.152. The summed E-state index contributed by atoms with van der Waals surface area (Å²) in [6.45, 7) is 5.55. The van der Waals surface area contributed by atoms with E-state index in [1.54, 1.807) is 72.8 Å². The first-order chi connectivity index (χ1) is 66.4. The Balaban J connectivity index is 0.000000177. The molecule has 0 radical (unpaired) electrons. The quantitative estimate of drug-likeness (QED) is 0.0100. The van der Waals surface area contributed by atoms with Crippen LogP contribution in [0.3, 0.4) is 0 Å². The third kappa shape index (κ3) is 38.6. The number of hydrogen-bond acceptors (Lipinski definition) is 22. The zero-order chi connectivity index (χ0) is 97.5. The number of rotatable bonds is 31. The van der Waals surface area contributed by atoms with Crippen LogP contribution in [-0.2, 0) is 54.3 Å². The van der Waals surface area contributed by atoms with Gasteiger partial charge in [0, 0.05) is 112 Å². The number of carbonyl (C=O) groups excluding carboxylic acids is 5. The van der Waals surface area contributed by atoms with Crippen molar-refractivity contribution in [3.05, 3.63) is 230 Å². The minimum absolute atomic E-state index is 0.0195. The van der Waals surface area contributed by atoms with Crippen LogP contribution < -0.4 is 18.9 Å². The summed E-state index contributed by atoms with van der Waals surface area (Å²) < 4.78 is 91.1. The molecule has 25 heteroatoms. The van der Waals surface area contributed by atoms with E-state index in [1.807, 2.05) is 78.9 Å². The van der Waals surface area contributed by atoms with Gasteiger partial charge in [0.25, 0.3) is 5.92 Å². The molecule has 752 valence electrons. The van der Waals surface area contributed by atoms with E-state index in [0.29, 0.717) is 106 Å². The molecule has 5 heterocycles. The van der Waals surface area contributed by atoms with Gasteiger partial charge in [-0.15, -0.1) is 0 Å². The van der Waals surface area contributed by atoms with E-state index in [2.05, 4.69) is 62.1 Å². The summed E-state index contributed by atoms with van der Waals surface area (Å²) >= 11 is 0. The van der Waals surface area contributed by atoms with Crippen molar-refractivity contribution in [1.29, 1.82) is 0 Å². The van der Waals surface area contributed by atoms with E-state index in [4.69, 9.17) is 42.6 Å². The smallest absolute Gasteiger partial charge is 0.306 e. The minimum atomic E-state index is -3.17. The third-order valence-corrected chi connectivity index (χ3v) is 27.7. The molecular weight excluding hydrogens is 1750 g/mol. The van der Waals surface area contributed by atoms with Crippen molar-refractivity contribution in [2.24, 2.45) is 59.2 Å². The van der Waals surface area contributed by atoms with Crippen LogP contribution in [0.5, 0.6) is 23.0 Å². The molecule has 0 aromatic heterocycles. The number of fused-ring (bicyclic) bond motifs is 5. The van der Waals surface area contributed by atoms with Gasteiger partial charge in [-0.25, -0.2) is 4.39 Å². The van der Waals surface area contributed by atoms with Crippen molar-refractivity contribution in [2.75, 3.05) is 26.4 Å². The molecule has 5 aliphatic carbocycles. The molecule has 23 atom stereocenters. The van der Waals surface area contributed by atoms with Crippen molar-refractivity contribution in [1.82, 2.24) is 0 Å². The lowest BCUT2D eigenvalue weighted by Crippen LogP contribution is -2.27. The van der Waals surface area contributed by atoms with E-state index in [1.165, 1.54) is 43.8 Å². The molecule has 4 aromatic rings. The number of benzene rings is 4. The molecule has 137 heavy (non-hydrogen) atoms. The molecule has 0 saturated heterocycles. The Hall–Kier alpha value is -9.44. The number of para-hydroxylation sites is 3. The summed E-state index contributed by atoms with van der Waals surface area (Å²) in [6.07, 6.45) is 50.7. The molecule has 5 saturated carbocycles. The molecule has 14 rings (SSSR count). The number of carbonyl (C=O) groups is 5. The Morgan fingerprint density at radius 1 is 0.416 bits per heavy atom. The Morgan fingerprint density at radius 3 is 1.18 bits per heavy atom. The zero-order valence-corrected chi connectivity index (χ0v) is 79.9. The van der Waals surface area contributed by atoms with Gasteiger partial charge in [0.15, 0.2) is 6.61 Å². The number of ether oxygens (including phenoxy) is 9. The Labute approximate surface area is 808 Å². The van der Waals surface area contributed by atoms with Gasteiger partial charge in [0.05, 0.1) is 36.6 Å². The van der Waals surface area contributed by atoms with Gasteiger partial charge < -0.3 is 83.5 Å². The van der Waals surface area contributed by atoms with E-state index in [9.17, 15) is 78.0 Å². The van der Waals surface area contributed by atoms with Crippen LogP contribution in [0, 0.1) is 59.2 Å². The lowest BCUT2D eigenvalue weighted by Gasteiger charge is -2.25. The van der Waals surface area contributed by atoms with Crippen molar-refractivity contribution in [3.63, 3.8) is 0 Å². The molecule has 4 aromatic carbocycles. The number of aliphatic hydroxyl groups excluding tert-OH is 8. The number of aliphatic hydroxyl groups is 8. The summed E-state index contributed by atoms with van der Waals surface area (Å²) in [6, 6.07) is 33.9. The fourth-order valence-corrected chi connectivity index (χ4v) is 20.2. The highest BCUT2D eigenvalue weighted by atomic mass is 19.3. The Morgan fingerprint density at radius 2 is 0.766 bits per heavy atom. The number of alkyl halides is 3. The molecule has 5 fully saturated rings. The average Bonchev–Trinajstić information content (AvgIpc) is 1.68. The fraction of sp³-hybridized carbons (Fsp3) is 0.580. The second-order valence-corrected chi connectivity index (χ2v) is 38.2. The first kappa shape index (κ1) is 110. The van der Waals surface area contributed by atoms with Crippen LogP contribution >= 0.6 is 0 Å². The van der Waals surface area contributed by atoms with Crippen LogP contribution in [0.4, 0.5) is 13.2 Å². The first-order valence-electron chi connectivity index (χ1n) is 50.5. The molecule has 22 nitrogen and oxygen atoms in total. The van der Waals surface area contributed by atoms with Crippen molar-refractivity contribution < 1.29 is 121 Å². The maximum Gasteiger partial charge on any atom is 0.306 e. The van der Waals surface area contributed by atoms with Crippen molar-refractivity contribution >= 4 is 29.8 Å². The van der Waals surface area contributed by atoms with Crippen LogP contribution in [0.15, 0.2) is 225 Å². The van der Waals surface area contributed by atoms with E-state index >= 15 is 0 Å². The molecule has 0 unspecified atom stereocenters. The van der Waals surface area contributed by atoms with Crippen LogP contribution in [0.1, 0.15) is 237 Å². The van der Waals surface area contributed by atoms with Crippen molar-refractivity contribution in [2.45, 2.75) is 324 Å². The predicted octanol–water partition coefficient (Wildman–Crippen LogP) is 19.8. The Kier molecular flexibility index (Phi) is 47.9. The van der Waals surface area contributed by atoms with Crippen LogP contribution in [0.2, 0.25) is 0 Å². The van der Waals surface area contributed by atoms with Gasteiger partial charge in [0.1, 0.15) is 92.2 Å². The lowest BCUT2D eigenvalue weighted by atomic mass is 9.85. The molecule has 8 N–H and O–H groups in total. The molecule has 10 aliphatic rings. The summed E-state index contributed by atoms with van der Waals surface area (Å²) in [5, 5.41) is 83.1. The second-order valence-electron chi connectivity index (χ2n) is 38.2. The average molecular weight is 1910 g/mol. The minimum Gasteiger partial charge on any atom is -0.491 e. The normalized spacial score (nSPS) is 30.4. The molecule has 0 bridgehead atoms. The molecule has 5 aliphatic heterocycles. The summed E-state index contributed by atoms with van der Waals surface area (Å²) in [5.74, 6) is -2.26. The number of hydrogen-bond donors (Lipinski definition) is 8. The molecular formula is C112H151F3O22. The summed E-state index contributed by atoms with van der Waals surface area (Å²) in [7, 11) is 0. The summed E-state index contributed by atoms with van der Waals surface area (Å²) in [5.41, 5.74) is 1.83. The highest BCUT2D eigenvalue weighted by Gasteiger charge is 2.49. The topological polar surface area (TPSA) is 330 Å². The standard InChI is InChI=1S/C23H29FO5.C23H38O3.C22H26F2O4.C22H30O5.C22H28O5/c24-14-16-6-5-7-18(12-16)28-15-17(25)10-11-19-20-8-3-1-2-4-9-23(27)29-22(20)13-21(19)26;1-3-4-5-6-9-12-18(2)15-16-19-20-13-10-7-8-11-14-23(25)26-22(20)17-21(19)24;23-22(24,15-27-16-8-4-3-5-9-16)13-12-17-18-10-6-1-2-7-11-21(26)28-20(18)14-19(17)25;2*23-16(15-26-17-8-4-3-5-9-17)12-13-18-19-10-6-1-2-7-11-22(25)27-21(19)14-20(18)24/h1,3,5-7,10-12,17,19-22,25-26H,2,4,8-9,13-15H2;7,10,19-22,24H,2-6,8-9,11-17H2,1H3;1,3-6,8-9,12-13,17-20,25H,2,7,10-11,14-15H2;1,3-6,8-9,16,18-21,23-24H,2,7,10-15H2;1,3-6,8-9,12-13,16,18-21,23-24H,2,7,10-11,14-15H2/b3-1-,11-10+;10-7-;6-1-,13-12+;6-1-;6-1-,13-12+/t17-,19-,20-,21-,22+;19-,20-,21-,22+;17-,18-,19-,20+;2*16-,18-,19-,20-,21+/m11111/s1. The monoisotopic (exact) mass is 1910 g/mol. The van der Waals surface area contributed by atoms with Crippen LogP contribution in [0.25, 0.3) is 0 Å².